The number of nitrogens with zero attached hydrogens (tertiary/aromatic N) is 1. The maximum absolute atomic E-state index is 9.47. The smallest absolute Gasteiger partial charge is 0.197 e. The normalized spacial score (nSPS) is 16.9. The highest BCUT2D eigenvalue weighted by molar-refractivity contribution is 5.59. The predicted molar refractivity (Wildman–Crippen MR) is 69.4 cm³/mol. The fraction of sp³-hybridized carbons (Fsp3) is 0.400. The summed E-state index contributed by atoms with van der Waals surface area (Å²) in [4.78, 5) is 4.57. The Morgan fingerprint density at radius 2 is 2.00 bits per heavy atom. The predicted octanol–water partition coefficient (Wildman–Crippen LogP) is 4.09. The summed E-state index contributed by atoms with van der Waals surface area (Å²) in [6.07, 6.45) is 7.93. The molecule has 3 nitrogen and oxygen atoms in total. The van der Waals surface area contributed by atoms with Crippen molar-refractivity contribution in [1.29, 1.82) is 0 Å². The monoisotopic (exact) mass is 243 g/mol. The number of phenols is 1. The van der Waals surface area contributed by atoms with Crippen LogP contribution in [0.2, 0.25) is 0 Å². The number of rotatable bonds is 2. The second-order valence-electron chi connectivity index (χ2n) is 4.96. The van der Waals surface area contributed by atoms with Gasteiger partial charge in [0.2, 0.25) is 0 Å². The van der Waals surface area contributed by atoms with Crippen LogP contribution in [-0.2, 0) is 0 Å². The van der Waals surface area contributed by atoms with Gasteiger partial charge in [-0.25, -0.2) is 4.98 Å². The van der Waals surface area contributed by atoms with Gasteiger partial charge in [0.1, 0.15) is 17.7 Å². The van der Waals surface area contributed by atoms with Gasteiger partial charge in [-0.3, -0.25) is 0 Å². The second-order valence-corrected chi connectivity index (χ2v) is 4.96. The first-order valence-electron chi connectivity index (χ1n) is 6.58. The van der Waals surface area contributed by atoms with E-state index in [9.17, 15) is 5.11 Å². The first-order chi connectivity index (χ1) is 8.83. The Bertz CT molecular complexity index is 527. The van der Waals surface area contributed by atoms with Crippen LogP contribution in [0.25, 0.3) is 11.3 Å². The molecule has 1 saturated carbocycles. The van der Waals surface area contributed by atoms with Gasteiger partial charge in [-0.15, -0.1) is 0 Å². The Morgan fingerprint density at radius 3 is 2.78 bits per heavy atom. The maximum Gasteiger partial charge on any atom is 0.197 e. The van der Waals surface area contributed by atoms with Gasteiger partial charge in [0.05, 0.1) is 0 Å². The van der Waals surface area contributed by atoms with Crippen molar-refractivity contribution in [2.24, 2.45) is 0 Å². The lowest BCUT2D eigenvalue weighted by molar-refractivity contribution is 0.363. The van der Waals surface area contributed by atoms with E-state index in [1.54, 1.807) is 18.4 Å². The molecule has 0 atom stereocenters. The van der Waals surface area contributed by atoms with Crippen molar-refractivity contribution < 1.29 is 9.52 Å². The molecule has 3 rings (SSSR count). The van der Waals surface area contributed by atoms with Crippen molar-refractivity contribution in [3.8, 4) is 17.0 Å². The molecular formula is C15H17NO2. The summed E-state index contributed by atoms with van der Waals surface area (Å²) in [5.41, 5.74) is 1.72. The Balaban J connectivity index is 1.84. The van der Waals surface area contributed by atoms with Gasteiger partial charge in [-0.1, -0.05) is 31.4 Å². The van der Waals surface area contributed by atoms with Gasteiger partial charge in [0.25, 0.3) is 0 Å². The minimum absolute atomic E-state index is 0.259. The fourth-order valence-corrected chi connectivity index (χ4v) is 2.62. The summed E-state index contributed by atoms with van der Waals surface area (Å²) in [6.45, 7) is 0. The lowest BCUT2D eigenvalue weighted by Crippen LogP contribution is -2.04. The van der Waals surface area contributed by atoms with Crippen molar-refractivity contribution >= 4 is 0 Å². The molecule has 1 heterocycles. The minimum Gasteiger partial charge on any atom is -0.508 e. The quantitative estimate of drug-likeness (QED) is 0.863. The number of aromatic nitrogens is 1. The molecular weight excluding hydrogens is 226 g/mol. The molecule has 1 aromatic carbocycles. The Labute approximate surface area is 106 Å². The molecule has 1 aliphatic carbocycles. The van der Waals surface area contributed by atoms with E-state index in [2.05, 4.69) is 4.98 Å². The summed E-state index contributed by atoms with van der Waals surface area (Å²) in [7, 11) is 0. The summed E-state index contributed by atoms with van der Waals surface area (Å²) < 4.78 is 5.61. The zero-order chi connectivity index (χ0) is 12.4. The van der Waals surface area contributed by atoms with Crippen LogP contribution in [0, 0.1) is 0 Å². The third-order valence-electron chi connectivity index (χ3n) is 3.62. The van der Waals surface area contributed by atoms with E-state index >= 15 is 0 Å². The number of benzene rings is 1. The summed E-state index contributed by atoms with van der Waals surface area (Å²) >= 11 is 0. The van der Waals surface area contributed by atoms with E-state index < -0.39 is 0 Å². The van der Waals surface area contributed by atoms with Crippen LogP contribution in [-0.4, -0.2) is 10.1 Å². The summed E-state index contributed by atoms with van der Waals surface area (Å²) in [5.74, 6) is 1.59. The lowest BCUT2D eigenvalue weighted by Gasteiger charge is -2.17. The van der Waals surface area contributed by atoms with Gasteiger partial charge in [0.15, 0.2) is 5.89 Å². The minimum atomic E-state index is 0.259. The number of aromatic hydroxyl groups is 1. The Kier molecular flexibility index (Phi) is 3.05. The molecule has 3 heteroatoms. The van der Waals surface area contributed by atoms with Crippen LogP contribution in [0.15, 0.2) is 34.9 Å². The molecule has 1 aliphatic rings. The molecule has 1 aromatic heterocycles. The van der Waals surface area contributed by atoms with E-state index in [-0.39, 0.29) is 5.75 Å². The SMILES string of the molecule is Oc1cccc(-c2coc(C3CCCCC3)n2)c1. The summed E-state index contributed by atoms with van der Waals surface area (Å²) in [5, 5.41) is 9.47. The number of oxazole rings is 1. The van der Waals surface area contributed by atoms with Gasteiger partial charge < -0.3 is 9.52 Å². The van der Waals surface area contributed by atoms with Crippen molar-refractivity contribution in [3.63, 3.8) is 0 Å². The molecule has 0 spiro atoms. The van der Waals surface area contributed by atoms with Crippen molar-refractivity contribution in [2.45, 2.75) is 38.0 Å². The highest BCUT2D eigenvalue weighted by Gasteiger charge is 2.20. The first-order valence-corrected chi connectivity index (χ1v) is 6.58. The third kappa shape index (κ3) is 2.26. The molecule has 0 bridgehead atoms. The Morgan fingerprint density at radius 1 is 1.17 bits per heavy atom. The van der Waals surface area contributed by atoms with Crippen LogP contribution in [0.4, 0.5) is 0 Å². The number of hydrogen-bond donors (Lipinski definition) is 1. The van der Waals surface area contributed by atoms with E-state index in [1.165, 1.54) is 32.1 Å². The molecule has 0 amide bonds. The summed E-state index contributed by atoms with van der Waals surface area (Å²) in [6, 6.07) is 7.12. The van der Waals surface area contributed by atoms with E-state index in [1.807, 2.05) is 12.1 Å². The maximum atomic E-state index is 9.47. The van der Waals surface area contributed by atoms with E-state index in [0.717, 1.165) is 17.1 Å². The molecule has 0 radical (unpaired) electrons. The lowest BCUT2D eigenvalue weighted by atomic mass is 9.89. The third-order valence-corrected chi connectivity index (χ3v) is 3.62. The van der Waals surface area contributed by atoms with Crippen LogP contribution < -0.4 is 0 Å². The number of hydrogen-bond acceptors (Lipinski definition) is 3. The fourth-order valence-electron chi connectivity index (χ4n) is 2.62. The highest BCUT2D eigenvalue weighted by Crippen LogP contribution is 2.33. The molecule has 0 unspecified atom stereocenters. The average Bonchev–Trinajstić information content (AvgIpc) is 2.89. The van der Waals surface area contributed by atoms with Gasteiger partial charge in [-0.05, 0) is 25.0 Å². The van der Waals surface area contributed by atoms with Crippen molar-refractivity contribution in [1.82, 2.24) is 4.98 Å². The zero-order valence-corrected chi connectivity index (χ0v) is 10.3. The van der Waals surface area contributed by atoms with Crippen molar-refractivity contribution in [2.75, 3.05) is 0 Å². The molecule has 0 saturated heterocycles. The Hall–Kier alpha value is -1.77. The van der Waals surface area contributed by atoms with Gasteiger partial charge in [0, 0.05) is 11.5 Å². The van der Waals surface area contributed by atoms with E-state index in [0.29, 0.717) is 5.92 Å². The van der Waals surface area contributed by atoms with Gasteiger partial charge in [-0.2, -0.15) is 0 Å². The highest BCUT2D eigenvalue weighted by atomic mass is 16.3. The molecule has 94 valence electrons. The van der Waals surface area contributed by atoms with Crippen molar-refractivity contribution in [3.05, 3.63) is 36.4 Å². The molecule has 0 aliphatic heterocycles. The standard InChI is InChI=1S/C15H17NO2/c17-13-8-4-7-12(9-13)14-10-18-15(16-14)11-5-2-1-3-6-11/h4,7-11,17H,1-3,5-6H2. The average molecular weight is 243 g/mol. The van der Waals surface area contributed by atoms with Crippen LogP contribution >= 0.6 is 0 Å². The topological polar surface area (TPSA) is 46.3 Å². The van der Waals surface area contributed by atoms with Crippen LogP contribution in [0.3, 0.4) is 0 Å². The molecule has 2 aromatic rings. The molecule has 1 N–H and O–H groups in total. The molecule has 18 heavy (non-hydrogen) atoms. The van der Waals surface area contributed by atoms with E-state index in [4.69, 9.17) is 4.42 Å². The molecule has 1 fully saturated rings. The van der Waals surface area contributed by atoms with Crippen LogP contribution in [0.5, 0.6) is 5.75 Å². The first kappa shape index (κ1) is 11.3. The number of phenolic OH excluding ortho intramolecular Hbond substituents is 1. The second kappa shape index (κ2) is 4.84. The zero-order valence-electron chi connectivity index (χ0n) is 10.3. The van der Waals surface area contributed by atoms with Gasteiger partial charge >= 0.3 is 0 Å². The van der Waals surface area contributed by atoms with Crippen LogP contribution in [0.1, 0.15) is 43.9 Å². The largest absolute Gasteiger partial charge is 0.508 e.